The van der Waals surface area contributed by atoms with Gasteiger partial charge in [0.15, 0.2) is 0 Å². The van der Waals surface area contributed by atoms with E-state index in [1.54, 1.807) is 18.2 Å². The zero-order chi connectivity index (χ0) is 8.97. The van der Waals surface area contributed by atoms with Gasteiger partial charge in [-0.3, -0.25) is 3.53 Å². The van der Waals surface area contributed by atoms with Crippen molar-refractivity contribution in [2.45, 2.75) is 6.54 Å². The summed E-state index contributed by atoms with van der Waals surface area (Å²) in [5.41, 5.74) is 1.31. The molecular formula is C8H8INO2. The Morgan fingerprint density at radius 3 is 2.92 bits per heavy atom. The Morgan fingerprint density at radius 1 is 1.58 bits per heavy atom. The summed E-state index contributed by atoms with van der Waals surface area (Å²) in [5, 5.41) is 8.66. The average Bonchev–Trinajstić information content (AvgIpc) is 2.05. The third-order valence-corrected chi connectivity index (χ3v) is 1.83. The van der Waals surface area contributed by atoms with E-state index in [1.165, 1.54) is 0 Å². The van der Waals surface area contributed by atoms with Crippen LogP contribution < -0.4 is 3.53 Å². The van der Waals surface area contributed by atoms with E-state index in [0.29, 0.717) is 12.1 Å². The molecule has 0 aromatic heterocycles. The summed E-state index contributed by atoms with van der Waals surface area (Å²) in [4.78, 5) is 10.5. The van der Waals surface area contributed by atoms with Gasteiger partial charge in [-0.25, -0.2) is 4.79 Å². The van der Waals surface area contributed by atoms with Crippen molar-refractivity contribution in [3.8, 4) is 0 Å². The summed E-state index contributed by atoms with van der Waals surface area (Å²) in [6.45, 7) is 0.682. The summed E-state index contributed by atoms with van der Waals surface area (Å²) in [5.74, 6) is -0.884. The summed E-state index contributed by atoms with van der Waals surface area (Å²) in [6.07, 6.45) is 0. The number of aromatic carboxylic acids is 1. The van der Waals surface area contributed by atoms with Crippen LogP contribution in [0.1, 0.15) is 15.9 Å². The topological polar surface area (TPSA) is 49.3 Å². The van der Waals surface area contributed by atoms with Crippen LogP contribution in [-0.4, -0.2) is 11.1 Å². The van der Waals surface area contributed by atoms with Crippen LogP contribution in [0, 0.1) is 0 Å². The molecule has 0 aliphatic carbocycles. The van der Waals surface area contributed by atoms with Crippen LogP contribution in [0.4, 0.5) is 0 Å². The molecule has 0 bridgehead atoms. The molecule has 64 valence electrons. The minimum absolute atomic E-state index is 0.333. The second kappa shape index (κ2) is 4.42. The molecule has 2 N–H and O–H groups in total. The minimum atomic E-state index is -0.884. The molecule has 0 unspecified atom stereocenters. The fourth-order valence-corrected chi connectivity index (χ4v) is 1.33. The predicted molar refractivity (Wildman–Crippen MR) is 54.3 cm³/mol. The lowest BCUT2D eigenvalue weighted by Crippen LogP contribution is -2.01. The first-order valence-electron chi connectivity index (χ1n) is 3.40. The van der Waals surface area contributed by atoms with E-state index in [1.807, 2.05) is 28.9 Å². The Morgan fingerprint density at radius 2 is 2.33 bits per heavy atom. The van der Waals surface area contributed by atoms with Gasteiger partial charge in [-0.05, 0) is 17.7 Å². The highest BCUT2D eigenvalue weighted by molar-refractivity contribution is 14.1. The van der Waals surface area contributed by atoms with E-state index >= 15 is 0 Å². The molecule has 0 saturated carbocycles. The van der Waals surface area contributed by atoms with E-state index in [9.17, 15) is 4.79 Å². The van der Waals surface area contributed by atoms with Gasteiger partial charge in [0.05, 0.1) is 5.56 Å². The molecular weight excluding hydrogens is 269 g/mol. The lowest BCUT2D eigenvalue weighted by Gasteiger charge is -1.99. The van der Waals surface area contributed by atoms with Crippen molar-refractivity contribution >= 4 is 28.8 Å². The smallest absolute Gasteiger partial charge is 0.335 e. The van der Waals surface area contributed by atoms with Crippen molar-refractivity contribution in [1.82, 2.24) is 3.53 Å². The maximum absolute atomic E-state index is 10.5. The molecule has 0 fully saturated rings. The van der Waals surface area contributed by atoms with Gasteiger partial charge in [-0.1, -0.05) is 12.1 Å². The normalized spacial score (nSPS) is 9.75. The highest BCUT2D eigenvalue weighted by atomic mass is 127. The number of benzene rings is 1. The molecule has 0 atom stereocenters. The maximum Gasteiger partial charge on any atom is 0.335 e. The molecule has 0 spiro atoms. The first kappa shape index (κ1) is 9.47. The number of nitrogens with one attached hydrogen (secondary N) is 1. The van der Waals surface area contributed by atoms with Crippen molar-refractivity contribution in [2.75, 3.05) is 0 Å². The van der Waals surface area contributed by atoms with Gasteiger partial charge >= 0.3 is 5.97 Å². The number of carboxylic acid groups (broad SMARTS) is 1. The van der Waals surface area contributed by atoms with Gasteiger partial charge < -0.3 is 5.11 Å². The first-order valence-corrected chi connectivity index (χ1v) is 4.47. The third-order valence-electron chi connectivity index (χ3n) is 1.44. The minimum Gasteiger partial charge on any atom is -0.478 e. The Balaban J connectivity index is 2.88. The van der Waals surface area contributed by atoms with Crippen LogP contribution in [0.25, 0.3) is 0 Å². The Hall–Kier alpha value is -0.620. The molecule has 0 amide bonds. The monoisotopic (exact) mass is 277 g/mol. The Labute approximate surface area is 84.3 Å². The van der Waals surface area contributed by atoms with E-state index < -0.39 is 5.97 Å². The van der Waals surface area contributed by atoms with Gasteiger partial charge in [0, 0.05) is 29.4 Å². The van der Waals surface area contributed by atoms with Crippen LogP contribution in [0.2, 0.25) is 0 Å². The Bertz CT molecular complexity index is 288. The van der Waals surface area contributed by atoms with E-state index in [0.717, 1.165) is 5.56 Å². The number of hydrogen-bond donors (Lipinski definition) is 2. The van der Waals surface area contributed by atoms with E-state index in [4.69, 9.17) is 5.11 Å². The highest BCUT2D eigenvalue weighted by Gasteiger charge is 2.01. The van der Waals surface area contributed by atoms with Gasteiger partial charge in [-0.15, -0.1) is 0 Å². The van der Waals surface area contributed by atoms with Crippen LogP contribution in [0.5, 0.6) is 0 Å². The van der Waals surface area contributed by atoms with Crippen LogP contribution in [0.3, 0.4) is 0 Å². The molecule has 0 aliphatic rings. The van der Waals surface area contributed by atoms with Gasteiger partial charge in [0.1, 0.15) is 0 Å². The van der Waals surface area contributed by atoms with E-state index in [-0.39, 0.29) is 0 Å². The SMILES string of the molecule is O=C(O)c1cccc(CNI)c1. The number of carboxylic acids is 1. The highest BCUT2D eigenvalue weighted by Crippen LogP contribution is 2.05. The van der Waals surface area contributed by atoms with Crippen LogP contribution >= 0.6 is 22.9 Å². The van der Waals surface area contributed by atoms with Crippen molar-refractivity contribution in [3.63, 3.8) is 0 Å². The largest absolute Gasteiger partial charge is 0.478 e. The lowest BCUT2D eigenvalue weighted by atomic mass is 10.1. The molecule has 0 aliphatic heterocycles. The van der Waals surface area contributed by atoms with Crippen LogP contribution in [0.15, 0.2) is 24.3 Å². The Kier molecular flexibility index (Phi) is 3.48. The second-order valence-corrected chi connectivity index (χ2v) is 3.08. The summed E-state index contributed by atoms with van der Waals surface area (Å²) in [7, 11) is 0. The van der Waals surface area contributed by atoms with E-state index in [2.05, 4.69) is 3.53 Å². The molecule has 0 heterocycles. The predicted octanol–water partition coefficient (Wildman–Crippen LogP) is 1.82. The summed E-state index contributed by atoms with van der Waals surface area (Å²) < 4.78 is 2.93. The zero-order valence-electron chi connectivity index (χ0n) is 6.25. The molecule has 12 heavy (non-hydrogen) atoms. The molecule has 0 radical (unpaired) electrons. The molecule has 1 aromatic rings. The molecule has 4 heteroatoms. The molecule has 0 saturated heterocycles. The lowest BCUT2D eigenvalue weighted by molar-refractivity contribution is 0.0697. The third kappa shape index (κ3) is 2.46. The maximum atomic E-state index is 10.5. The van der Waals surface area contributed by atoms with Crippen molar-refractivity contribution in [3.05, 3.63) is 35.4 Å². The quantitative estimate of drug-likeness (QED) is 0.654. The van der Waals surface area contributed by atoms with Crippen molar-refractivity contribution in [2.24, 2.45) is 0 Å². The van der Waals surface area contributed by atoms with Crippen molar-refractivity contribution < 1.29 is 9.90 Å². The van der Waals surface area contributed by atoms with Gasteiger partial charge in [-0.2, -0.15) is 0 Å². The standard InChI is InChI=1S/C8H8INO2/c9-10-5-6-2-1-3-7(4-6)8(11)12/h1-4,10H,5H2,(H,11,12). The molecule has 3 nitrogen and oxygen atoms in total. The first-order chi connectivity index (χ1) is 5.74. The average molecular weight is 277 g/mol. The van der Waals surface area contributed by atoms with Crippen molar-refractivity contribution in [1.29, 1.82) is 0 Å². The number of hydrogen-bond acceptors (Lipinski definition) is 2. The fourth-order valence-electron chi connectivity index (χ4n) is 0.891. The summed E-state index contributed by atoms with van der Waals surface area (Å²) in [6, 6.07) is 6.87. The molecule has 1 aromatic carbocycles. The summed E-state index contributed by atoms with van der Waals surface area (Å²) >= 11 is 2.02. The number of halogens is 1. The second-order valence-electron chi connectivity index (χ2n) is 2.32. The van der Waals surface area contributed by atoms with Gasteiger partial charge in [0.2, 0.25) is 0 Å². The zero-order valence-corrected chi connectivity index (χ0v) is 8.41. The van der Waals surface area contributed by atoms with Crippen LogP contribution in [-0.2, 0) is 6.54 Å². The fraction of sp³-hybridized carbons (Fsp3) is 0.125. The number of rotatable bonds is 3. The van der Waals surface area contributed by atoms with Gasteiger partial charge in [0.25, 0.3) is 0 Å². The number of carbonyl (C=O) groups is 1. The molecule has 1 rings (SSSR count).